The van der Waals surface area contributed by atoms with Crippen LogP contribution in [0, 0.1) is 29.1 Å². The van der Waals surface area contributed by atoms with Crippen LogP contribution in [-0.4, -0.2) is 6.71 Å². The fraction of sp³-hybridized carbons (Fsp3) is 0.362. The topological polar surface area (TPSA) is 6.48 Å². The zero-order valence-electron chi connectivity index (χ0n) is 29.8. The molecule has 3 aliphatic heterocycles. The molecule has 2 nitrogen and oxygen atoms in total. The van der Waals surface area contributed by atoms with E-state index in [-0.39, 0.29) is 12.1 Å². The molecule has 0 saturated heterocycles. The molecule has 0 amide bonds. The van der Waals surface area contributed by atoms with Gasteiger partial charge in [0.1, 0.15) is 0 Å². The number of hydrogen-bond acceptors (Lipinski definition) is 2. The summed E-state index contributed by atoms with van der Waals surface area (Å²) in [6, 6.07) is 41.1. The number of rotatable bonds is 3. The molecule has 3 heteroatoms. The summed E-state index contributed by atoms with van der Waals surface area (Å²) in [7, 11) is 0. The lowest BCUT2D eigenvalue weighted by Gasteiger charge is -2.68. The molecule has 4 saturated carbocycles. The van der Waals surface area contributed by atoms with Crippen molar-refractivity contribution in [3.63, 3.8) is 0 Å². The van der Waals surface area contributed by atoms with E-state index in [2.05, 4.69) is 141 Å². The number of nitrogens with zero attached hydrogens (tertiary/aromatic N) is 2. The van der Waals surface area contributed by atoms with Crippen molar-refractivity contribution in [2.45, 2.75) is 77.0 Å². The second-order valence-electron chi connectivity index (χ2n) is 17.8. The van der Waals surface area contributed by atoms with Crippen molar-refractivity contribution < 1.29 is 0 Å². The molecule has 12 rings (SSSR count). The molecule has 4 fully saturated rings. The lowest BCUT2D eigenvalue weighted by molar-refractivity contribution is -0.0844. The number of benzene rings is 5. The van der Waals surface area contributed by atoms with Gasteiger partial charge in [0, 0.05) is 33.9 Å². The fourth-order valence-electron chi connectivity index (χ4n) is 13.7. The Morgan fingerprint density at radius 2 is 1.22 bits per heavy atom. The summed E-state index contributed by atoms with van der Waals surface area (Å²) in [4.78, 5) is 5.30. The maximum absolute atomic E-state index is 2.72. The molecule has 4 aliphatic carbocycles. The van der Waals surface area contributed by atoms with Crippen molar-refractivity contribution in [1.29, 1.82) is 0 Å². The number of hydrogen-bond donors (Lipinski definition) is 0. The Labute approximate surface area is 297 Å². The second-order valence-corrected chi connectivity index (χ2v) is 17.8. The summed E-state index contributed by atoms with van der Waals surface area (Å²) in [6.45, 7) is 9.43. The highest BCUT2D eigenvalue weighted by molar-refractivity contribution is 7.00. The van der Waals surface area contributed by atoms with Crippen LogP contribution in [0.1, 0.15) is 93.9 Å². The molecule has 2 spiro atoms. The first-order valence-electron chi connectivity index (χ1n) is 19.6. The van der Waals surface area contributed by atoms with Crippen molar-refractivity contribution in [3.05, 3.63) is 125 Å². The van der Waals surface area contributed by atoms with Gasteiger partial charge in [-0.05, 0) is 148 Å². The van der Waals surface area contributed by atoms with Crippen LogP contribution in [0.3, 0.4) is 0 Å². The van der Waals surface area contributed by atoms with E-state index >= 15 is 0 Å². The third kappa shape index (κ3) is 3.14. The SMILES string of the molecule is CC(C)c1ccc(N2c3cc(C(C)C)ccc3B3c4cccc5c4N(c4ccccc4C54C5CC6CC7CC4C5(C6)C7)c4cccc2c43)cc1. The van der Waals surface area contributed by atoms with Crippen LogP contribution in [0.5, 0.6) is 0 Å². The van der Waals surface area contributed by atoms with E-state index in [0.29, 0.717) is 17.3 Å². The highest BCUT2D eigenvalue weighted by Crippen LogP contribution is 2.85. The first kappa shape index (κ1) is 28.5. The number of anilines is 6. The van der Waals surface area contributed by atoms with Gasteiger partial charge in [-0.2, -0.15) is 0 Å². The first-order valence-corrected chi connectivity index (χ1v) is 19.6. The zero-order chi connectivity index (χ0) is 33.3. The van der Waals surface area contributed by atoms with Crippen molar-refractivity contribution in [2.75, 3.05) is 9.80 Å². The summed E-state index contributed by atoms with van der Waals surface area (Å²) < 4.78 is 0. The standard InChI is InChI=1S/C47H45BN2/c1-27(2)31-15-18-33(19-16-31)49-39-13-8-14-40-44(39)48(36-20-17-32(28(3)4)24-41(36)49)37-11-7-10-35-45(37)50(40)38-12-6-5-9-34(38)47(35)42-22-29-21-30-23-43(47)46(42,25-29)26-30/h5-20,24,27-30,42-43H,21-23,25-26H2,1-4H3. The molecule has 4 atom stereocenters. The summed E-state index contributed by atoms with van der Waals surface area (Å²) in [5.74, 6) is 4.40. The molecule has 7 aliphatic rings. The Balaban J connectivity index is 1.14. The predicted octanol–water partition coefficient (Wildman–Crippen LogP) is 10.1. The second kappa shape index (κ2) is 9.35. The molecular weight excluding hydrogens is 603 g/mol. The molecule has 50 heavy (non-hydrogen) atoms. The summed E-state index contributed by atoms with van der Waals surface area (Å²) in [5, 5.41) is 0. The van der Waals surface area contributed by atoms with E-state index in [1.54, 1.807) is 11.1 Å². The minimum Gasteiger partial charge on any atom is -0.311 e. The molecule has 3 bridgehead atoms. The third-order valence-corrected chi connectivity index (χ3v) is 15.2. The van der Waals surface area contributed by atoms with E-state index in [9.17, 15) is 0 Å². The molecular formula is C47H45BN2. The van der Waals surface area contributed by atoms with Gasteiger partial charge in [0.25, 0.3) is 6.71 Å². The van der Waals surface area contributed by atoms with Crippen LogP contribution in [-0.2, 0) is 5.41 Å². The van der Waals surface area contributed by atoms with Gasteiger partial charge in [0.05, 0.1) is 5.69 Å². The van der Waals surface area contributed by atoms with Crippen LogP contribution < -0.4 is 26.2 Å². The van der Waals surface area contributed by atoms with Gasteiger partial charge in [-0.15, -0.1) is 0 Å². The Morgan fingerprint density at radius 1 is 0.580 bits per heavy atom. The lowest BCUT2D eigenvalue weighted by atomic mass is 9.31. The Bertz CT molecular complexity index is 2260. The smallest absolute Gasteiger partial charge is 0.252 e. The van der Waals surface area contributed by atoms with Crippen molar-refractivity contribution >= 4 is 57.2 Å². The lowest BCUT2D eigenvalue weighted by Crippen LogP contribution is -2.67. The maximum atomic E-state index is 2.72. The molecule has 246 valence electrons. The first-order chi connectivity index (χ1) is 24.4. The number of fused-ring (bicyclic) bond motifs is 12. The van der Waals surface area contributed by atoms with E-state index in [1.807, 2.05) is 0 Å². The quantitative estimate of drug-likeness (QED) is 0.176. The minimum atomic E-state index is 0.140. The van der Waals surface area contributed by atoms with E-state index in [0.717, 1.165) is 23.7 Å². The van der Waals surface area contributed by atoms with Crippen LogP contribution >= 0.6 is 0 Å². The van der Waals surface area contributed by atoms with Crippen LogP contribution in [0.4, 0.5) is 34.1 Å². The molecule has 3 heterocycles. The summed E-state index contributed by atoms with van der Waals surface area (Å²) in [5.41, 5.74) is 19.4. The highest BCUT2D eigenvalue weighted by Gasteiger charge is 2.79. The summed E-state index contributed by atoms with van der Waals surface area (Å²) >= 11 is 0. The largest absolute Gasteiger partial charge is 0.311 e. The van der Waals surface area contributed by atoms with E-state index < -0.39 is 0 Å². The van der Waals surface area contributed by atoms with Gasteiger partial charge in [-0.25, -0.2) is 0 Å². The van der Waals surface area contributed by atoms with Crippen molar-refractivity contribution in [2.24, 2.45) is 29.1 Å². The van der Waals surface area contributed by atoms with Crippen molar-refractivity contribution in [1.82, 2.24) is 0 Å². The molecule has 0 aromatic heterocycles. The third-order valence-electron chi connectivity index (χ3n) is 15.2. The molecule has 5 aromatic rings. The maximum Gasteiger partial charge on any atom is 0.252 e. The van der Waals surface area contributed by atoms with Gasteiger partial charge in [0.2, 0.25) is 0 Å². The van der Waals surface area contributed by atoms with Crippen LogP contribution in [0.25, 0.3) is 0 Å². The normalized spacial score (nSPS) is 29.6. The number of para-hydroxylation sites is 2. The Morgan fingerprint density at radius 3 is 1.96 bits per heavy atom. The molecule has 0 radical (unpaired) electrons. The Hall–Kier alpha value is -4.24. The van der Waals surface area contributed by atoms with Crippen LogP contribution in [0.2, 0.25) is 0 Å². The average Bonchev–Trinajstić information content (AvgIpc) is 3.52. The van der Waals surface area contributed by atoms with Gasteiger partial charge >= 0.3 is 0 Å². The molecule has 4 unspecified atom stereocenters. The molecule has 5 aromatic carbocycles. The fourth-order valence-corrected chi connectivity index (χ4v) is 13.7. The summed E-state index contributed by atoms with van der Waals surface area (Å²) in [6.07, 6.45) is 7.35. The zero-order valence-corrected chi connectivity index (χ0v) is 29.8. The van der Waals surface area contributed by atoms with Gasteiger partial charge < -0.3 is 9.80 Å². The van der Waals surface area contributed by atoms with Crippen LogP contribution in [0.15, 0.2) is 103 Å². The monoisotopic (exact) mass is 648 g/mol. The van der Waals surface area contributed by atoms with Gasteiger partial charge in [-0.1, -0.05) is 94.4 Å². The predicted molar refractivity (Wildman–Crippen MR) is 209 cm³/mol. The average molecular weight is 649 g/mol. The van der Waals surface area contributed by atoms with E-state index in [1.165, 1.54) is 93.7 Å². The molecule has 0 N–H and O–H groups in total. The van der Waals surface area contributed by atoms with Crippen molar-refractivity contribution in [3.8, 4) is 0 Å². The Kier molecular flexibility index (Phi) is 5.32. The minimum absolute atomic E-state index is 0.140. The van der Waals surface area contributed by atoms with Gasteiger partial charge in [-0.3, -0.25) is 0 Å². The van der Waals surface area contributed by atoms with E-state index in [4.69, 9.17) is 0 Å². The van der Waals surface area contributed by atoms with Gasteiger partial charge in [0.15, 0.2) is 0 Å². The highest BCUT2D eigenvalue weighted by atomic mass is 15.2.